The van der Waals surface area contributed by atoms with Crippen LogP contribution in [0.3, 0.4) is 0 Å². The minimum atomic E-state index is -0.237. The summed E-state index contributed by atoms with van der Waals surface area (Å²) in [5, 5.41) is 13.6. The van der Waals surface area contributed by atoms with E-state index in [2.05, 4.69) is 27.4 Å². The average molecular weight is 229 g/mol. The summed E-state index contributed by atoms with van der Waals surface area (Å²) in [4.78, 5) is 11.1. The highest BCUT2D eigenvalue weighted by Crippen LogP contribution is 2.17. The van der Waals surface area contributed by atoms with Crippen molar-refractivity contribution in [1.29, 1.82) is 0 Å². The van der Waals surface area contributed by atoms with E-state index in [0.717, 1.165) is 11.3 Å². The van der Waals surface area contributed by atoms with Crippen LogP contribution in [0.2, 0.25) is 0 Å². The molecule has 0 fully saturated rings. The van der Waals surface area contributed by atoms with E-state index in [1.54, 1.807) is 10.7 Å². The maximum Gasteiger partial charge on any atom is 0.247 e. The molecule has 6 heteroatoms. The maximum atomic E-state index is 11.1. The van der Waals surface area contributed by atoms with Gasteiger partial charge in [0.2, 0.25) is 5.91 Å². The number of amides is 1. The number of tetrazole rings is 1. The molecule has 2 rings (SSSR count). The third-order valence-electron chi connectivity index (χ3n) is 2.25. The van der Waals surface area contributed by atoms with Crippen LogP contribution >= 0.6 is 0 Å². The van der Waals surface area contributed by atoms with Crippen LogP contribution in [0.5, 0.6) is 0 Å². The normalized spacial score (nSPS) is 9.94. The molecule has 0 aliphatic carbocycles. The molecule has 0 saturated carbocycles. The summed E-state index contributed by atoms with van der Waals surface area (Å²) in [5.74, 6) is -0.237. The lowest BCUT2D eigenvalue weighted by Crippen LogP contribution is -2.08. The third kappa shape index (κ3) is 2.36. The van der Waals surface area contributed by atoms with E-state index in [-0.39, 0.29) is 5.91 Å². The van der Waals surface area contributed by atoms with Gasteiger partial charge in [0.1, 0.15) is 6.33 Å². The quantitative estimate of drug-likeness (QED) is 0.800. The lowest BCUT2D eigenvalue weighted by molar-refractivity contribution is -0.111. The molecule has 0 aliphatic rings. The van der Waals surface area contributed by atoms with Crippen LogP contribution in [-0.2, 0) is 4.79 Å². The number of aromatic nitrogens is 4. The molecule has 86 valence electrons. The van der Waals surface area contributed by atoms with E-state index < -0.39 is 0 Å². The SMILES string of the molecule is C=CC(=O)Nc1ccc(-n2cnnn2)c(C)c1. The van der Waals surface area contributed by atoms with Crippen molar-refractivity contribution < 1.29 is 4.79 Å². The average Bonchev–Trinajstić information content (AvgIpc) is 2.82. The number of carbonyl (C=O) groups excluding carboxylic acids is 1. The first-order valence-corrected chi connectivity index (χ1v) is 4.98. The molecule has 1 N–H and O–H groups in total. The molecule has 17 heavy (non-hydrogen) atoms. The molecule has 6 nitrogen and oxygen atoms in total. The summed E-state index contributed by atoms with van der Waals surface area (Å²) >= 11 is 0. The number of aryl methyl sites for hydroxylation is 1. The van der Waals surface area contributed by atoms with Crippen LogP contribution in [0, 0.1) is 6.92 Å². The second-order valence-corrected chi connectivity index (χ2v) is 3.45. The van der Waals surface area contributed by atoms with Gasteiger partial charge in [-0.2, -0.15) is 0 Å². The van der Waals surface area contributed by atoms with E-state index in [9.17, 15) is 4.79 Å². The Bertz CT molecular complexity index is 547. The Morgan fingerprint density at radius 1 is 1.53 bits per heavy atom. The Labute approximate surface area is 98.0 Å². The van der Waals surface area contributed by atoms with Gasteiger partial charge in [0.25, 0.3) is 0 Å². The van der Waals surface area contributed by atoms with Crippen molar-refractivity contribution in [2.45, 2.75) is 6.92 Å². The van der Waals surface area contributed by atoms with Gasteiger partial charge in [-0.05, 0) is 47.2 Å². The highest BCUT2D eigenvalue weighted by Gasteiger charge is 2.04. The summed E-state index contributed by atoms with van der Waals surface area (Å²) in [5.41, 5.74) is 2.54. The number of nitrogens with one attached hydrogen (secondary N) is 1. The summed E-state index contributed by atoms with van der Waals surface area (Å²) < 4.78 is 1.56. The molecular weight excluding hydrogens is 218 g/mol. The highest BCUT2D eigenvalue weighted by molar-refractivity contribution is 5.98. The van der Waals surface area contributed by atoms with Gasteiger partial charge in [-0.15, -0.1) is 5.10 Å². The summed E-state index contributed by atoms with van der Waals surface area (Å²) in [6.45, 7) is 5.31. The van der Waals surface area contributed by atoms with E-state index >= 15 is 0 Å². The van der Waals surface area contributed by atoms with Crippen molar-refractivity contribution in [3.63, 3.8) is 0 Å². The van der Waals surface area contributed by atoms with Crippen LogP contribution in [-0.4, -0.2) is 26.1 Å². The van der Waals surface area contributed by atoms with Gasteiger partial charge in [0, 0.05) is 5.69 Å². The van der Waals surface area contributed by atoms with Gasteiger partial charge in [0.15, 0.2) is 0 Å². The van der Waals surface area contributed by atoms with Gasteiger partial charge >= 0.3 is 0 Å². The largest absolute Gasteiger partial charge is 0.323 e. The summed E-state index contributed by atoms with van der Waals surface area (Å²) in [6, 6.07) is 5.47. The second kappa shape index (κ2) is 4.56. The number of carbonyl (C=O) groups is 1. The number of rotatable bonds is 3. The third-order valence-corrected chi connectivity index (χ3v) is 2.25. The monoisotopic (exact) mass is 229 g/mol. The standard InChI is InChI=1S/C11H11N5O/c1-3-11(17)13-9-4-5-10(8(2)6-9)16-7-12-14-15-16/h3-7H,1H2,2H3,(H,13,17). The van der Waals surface area contributed by atoms with E-state index in [4.69, 9.17) is 0 Å². The Morgan fingerprint density at radius 2 is 2.35 bits per heavy atom. The van der Waals surface area contributed by atoms with Crippen LogP contribution in [0.25, 0.3) is 5.69 Å². The molecule has 1 heterocycles. The van der Waals surface area contributed by atoms with Crippen molar-refractivity contribution in [1.82, 2.24) is 20.2 Å². The zero-order valence-corrected chi connectivity index (χ0v) is 9.29. The van der Waals surface area contributed by atoms with E-state index in [1.165, 1.54) is 12.4 Å². The number of benzene rings is 1. The Kier molecular flexibility index (Phi) is 2.95. The van der Waals surface area contributed by atoms with Gasteiger partial charge < -0.3 is 5.32 Å². The number of anilines is 1. The molecule has 0 atom stereocenters. The van der Waals surface area contributed by atoms with Gasteiger partial charge in [-0.1, -0.05) is 6.58 Å². The maximum absolute atomic E-state index is 11.1. The number of nitrogens with zero attached hydrogens (tertiary/aromatic N) is 4. The molecular formula is C11H11N5O. The van der Waals surface area contributed by atoms with Gasteiger partial charge in [-0.25, -0.2) is 4.68 Å². The summed E-state index contributed by atoms with van der Waals surface area (Å²) in [7, 11) is 0. The molecule has 0 aliphatic heterocycles. The predicted octanol–water partition coefficient (Wildman–Crippen LogP) is 1.10. The minimum absolute atomic E-state index is 0.237. The molecule has 0 spiro atoms. The molecule has 0 radical (unpaired) electrons. The Hall–Kier alpha value is -2.50. The Balaban J connectivity index is 2.29. The van der Waals surface area contributed by atoms with Crippen molar-refractivity contribution in [2.24, 2.45) is 0 Å². The van der Waals surface area contributed by atoms with Crippen LogP contribution in [0.15, 0.2) is 37.2 Å². The van der Waals surface area contributed by atoms with E-state index in [1.807, 2.05) is 19.1 Å². The lowest BCUT2D eigenvalue weighted by Gasteiger charge is -2.07. The van der Waals surface area contributed by atoms with Crippen LogP contribution < -0.4 is 5.32 Å². The molecule has 2 aromatic rings. The zero-order chi connectivity index (χ0) is 12.3. The van der Waals surface area contributed by atoms with Crippen molar-refractivity contribution >= 4 is 11.6 Å². The van der Waals surface area contributed by atoms with Gasteiger partial charge in [0.05, 0.1) is 5.69 Å². The zero-order valence-electron chi connectivity index (χ0n) is 9.29. The highest BCUT2D eigenvalue weighted by atomic mass is 16.1. The first-order chi connectivity index (χ1) is 8.20. The smallest absolute Gasteiger partial charge is 0.247 e. The van der Waals surface area contributed by atoms with Crippen molar-refractivity contribution in [2.75, 3.05) is 5.32 Å². The number of hydrogen-bond acceptors (Lipinski definition) is 4. The van der Waals surface area contributed by atoms with Crippen LogP contribution in [0.4, 0.5) is 5.69 Å². The first kappa shape index (κ1) is 11.0. The van der Waals surface area contributed by atoms with E-state index in [0.29, 0.717) is 5.69 Å². The molecule has 0 bridgehead atoms. The molecule has 0 saturated heterocycles. The molecule has 1 amide bonds. The minimum Gasteiger partial charge on any atom is -0.323 e. The lowest BCUT2D eigenvalue weighted by atomic mass is 10.2. The fraction of sp³-hybridized carbons (Fsp3) is 0.0909. The Morgan fingerprint density at radius 3 is 2.94 bits per heavy atom. The number of hydrogen-bond donors (Lipinski definition) is 1. The first-order valence-electron chi connectivity index (χ1n) is 4.98. The van der Waals surface area contributed by atoms with Gasteiger partial charge in [-0.3, -0.25) is 4.79 Å². The fourth-order valence-corrected chi connectivity index (χ4v) is 1.46. The predicted molar refractivity (Wildman–Crippen MR) is 62.7 cm³/mol. The van der Waals surface area contributed by atoms with Crippen molar-refractivity contribution in [3.8, 4) is 5.69 Å². The molecule has 1 aromatic heterocycles. The molecule has 0 unspecified atom stereocenters. The fourth-order valence-electron chi connectivity index (χ4n) is 1.46. The topological polar surface area (TPSA) is 72.7 Å². The molecule has 1 aromatic carbocycles. The second-order valence-electron chi connectivity index (χ2n) is 3.45. The van der Waals surface area contributed by atoms with Crippen LogP contribution in [0.1, 0.15) is 5.56 Å². The summed E-state index contributed by atoms with van der Waals surface area (Å²) in [6.07, 6.45) is 2.74. The van der Waals surface area contributed by atoms with Crippen molar-refractivity contribution in [3.05, 3.63) is 42.7 Å².